The number of carbonyl (C=O) groups is 1. The minimum Gasteiger partial charge on any atom is -0.495 e. The van der Waals surface area contributed by atoms with Gasteiger partial charge in [0, 0.05) is 41.2 Å². The smallest absolute Gasteiger partial charge is 0.258 e. The number of nitrogens with zero attached hydrogens (tertiary/aromatic N) is 2. The molecule has 2 aromatic rings. The molecule has 0 radical (unpaired) electrons. The minimum absolute atomic E-state index is 0.355. The van der Waals surface area contributed by atoms with Crippen LogP contribution in [0.1, 0.15) is 74.1 Å². The Kier molecular flexibility index (Phi) is 9.43. The van der Waals surface area contributed by atoms with E-state index in [9.17, 15) is 9.18 Å². The van der Waals surface area contributed by atoms with Crippen molar-refractivity contribution < 1.29 is 18.7 Å². The number of methoxy groups -OCH3 is 1. The van der Waals surface area contributed by atoms with E-state index in [1.807, 2.05) is 25.3 Å². The Balaban J connectivity index is 1.74. The van der Waals surface area contributed by atoms with Crippen molar-refractivity contribution in [2.24, 2.45) is 10.9 Å². The van der Waals surface area contributed by atoms with E-state index < -0.39 is 12.2 Å². The van der Waals surface area contributed by atoms with Gasteiger partial charge in [-0.15, -0.1) is 11.3 Å². The van der Waals surface area contributed by atoms with Crippen molar-refractivity contribution in [2.45, 2.75) is 59.2 Å². The maximum atomic E-state index is 14.4. The summed E-state index contributed by atoms with van der Waals surface area (Å²) >= 11 is 1.32. The molecule has 210 valence electrons. The Morgan fingerprint density at radius 1 is 1.35 bits per heavy atom. The van der Waals surface area contributed by atoms with Crippen molar-refractivity contribution in [3.63, 3.8) is 0 Å². The van der Waals surface area contributed by atoms with Crippen LogP contribution in [-0.2, 0) is 9.47 Å². The van der Waals surface area contributed by atoms with E-state index in [1.165, 1.54) is 25.4 Å². The maximum absolute atomic E-state index is 14.4. The van der Waals surface area contributed by atoms with Gasteiger partial charge in [-0.25, -0.2) is 9.37 Å². The van der Waals surface area contributed by atoms with Crippen LogP contribution in [0.15, 0.2) is 57.9 Å². The van der Waals surface area contributed by atoms with E-state index in [1.54, 1.807) is 31.5 Å². The fourth-order valence-corrected chi connectivity index (χ4v) is 4.62. The summed E-state index contributed by atoms with van der Waals surface area (Å²) in [7, 11) is 3.19. The van der Waals surface area contributed by atoms with E-state index in [2.05, 4.69) is 39.4 Å². The first-order chi connectivity index (χ1) is 19.2. The molecule has 1 aromatic heterocycles. The molecule has 7 nitrogen and oxygen atoms in total. The zero-order valence-corrected chi connectivity index (χ0v) is 24.5. The monoisotopic (exact) mass is 562 g/mol. The lowest BCUT2D eigenvalue weighted by Gasteiger charge is -2.25. The first-order valence-electron chi connectivity index (χ1n) is 13.3. The average molecular weight is 563 g/mol. The number of dihydropyridines is 1. The molecular formula is C31H35FN4O3S. The summed E-state index contributed by atoms with van der Waals surface area (Å²) in [6.07, 6.45) is 5.31. The summed E-state index contributed by atoms with van der Waals surface area (Å²) in [5, 5.41) is 8.20. The molecular weight excluding hydrogens is 527 g/mol. The normalized spacial score (nSPS) is 18.3. The van der Waals surface area contributed by atoms with Crippen LogP contribution in [0.2, 0.25) is 0 Å². The number of halogens is 1. The van der Waals surface area contributed by atoms with Crippen LogP contribution >= 0.6 is 11.3 Å². The first kappa shape index (κ1) is 29.1. The molecule has 0 bridgehead atoms. The van der Waals surface area contributed by atoms with E-state index in [4.69, 9.17) is 9.47 Å². The standard InChI is InChI=1S/C31H35FN4O3S/c1-7-18(2)20(4)39-30(33-5)22-11-13-24(25(14-22)26-15-27(19(3)32)34-16-28(26)38-6)29(37)36-31-35-23(17-40-31)12-10-21-8-9-21/h11,13-17,19,21,27,34H,7-9H2,1-6H3,(H,35,36,37). The number of alkyl halides is 1. The zero-order valence-electron chi connectivity index (χ0n) is 23.7. The van der Waals surface area contributed by atoms with E-state index >= 15 is 0 Å². The number of aliphatic imine (C=N–C) groups is 1. The highest BCUT2D eigenvalue weighted by molar-refractivity contribution is 7.14. The van der Waals surface area contributed by atoms with Crippen LogP contribution in [0.25, 0.3) is 5.57 Å². The molecule has 1 aromatic carbocycles. The number of aromatic nitrogens is 1. The Bertz CT molecular complexity index is 1450. The second-order valence-electron chi connectivity index (χ2n) is 9.78. The number of amides is 1. The molecule has 2 aliphatic rings. The Morgan fingerprint density at radius 2 is 2.12 bits per heavy atom. The van der Waals surface area contributed by atoms with Gasteiger partial charge in [0.2, 0.25) is 5.90 Å². The highest BCUT2D eigenvalue weighted by atomic mass is 32.1. The van der Waals surface area contributed by atoms with Gasteiger partial charge in [0.1, 0.15) is 23.4 Å². The SMILES string of the molecule is CCC(C)=C(C)OC(=NC)c1ccc(C(=O)Nc2nc(C#CC3CC3)cs2)c(C2=CC(C(C)F)NC=C2OC)c1. The second kappa shape index (κ2) is 13.0. The number of nitrogens with one attached hydrogen (secondary N) is 2. The van der Waals surface area contributed by atoms with Crippen LogP contribution in [0, 0.1) is 17.8 Å². The number of ether oxygens (including phenoxy) is 2. The molecule has 1 aliphatic heterocycles. The van der Waals surface area contributed by atoms with Gasteiger partial charge in [0.25, 0.3) is 5.91 Å². The lowest BCUT2D eigenvalue weighted by atomic mass is 9.92. The first-order valence-corrected chi connectivity index (χ1v) is 14.2. The third kappa shape index (κ3) is 6.99. The topological polar surface area (TPSA) is 84.8 Å². The van der Waals surface area contributed by atoms with Gasteiger partial charge in [0.05, 0.1) is 13.2 Å². The number of thiazole rings is 1. The number of allylic oxidation sites excluding steroid dienone is 3. The Labute approximate surface area is 239 Å². The molecule has 2 N–H and O–H groups in total. The summed E-state index contributed by atoms with van der Waals surface area (Å²) in [5.74, 6) is 8.02. The summed E-state index contributed by atoms with van der Waals surface area (Å²) < 4.78 is 26.1. The van der Waals surface area contributed by atoms with Gasteiger partial charge < -0.3 is 14.8 Å². The van der Waals surface area contributed by atoms with Crippen LogP contribution in [0.3, 0.4) is 0 Å². The molecule has 1 amide bonds. The van der Waals surface area contributed by atoms with E-state index in [0.29, 0.717) is 50.7 Å². The minimum atomic E-state index is -1.17. The predicted molar refractivity (Wildman–Crippen MR) is 159 cm³/mol. The number of hydrogen-bond acceptors (Lipinski definition) is 7. The molecule has 1 fully saturated rings. The van der Waals surface area contributed by atoms with Gasteiger partial charge in [-0.1, -0.05) is 12.8 Å². The third-order valence-electron chi connectivity index (χ3n) is 6.83. The lowest BCUT2D eigenvalue weighted by Crippen LogP contribution is -2.34. The van der Waals surface area contributed by atoms with Crippen molar-refractivity contribution >= 4 is 33.8 Å². The van der Waals surface area contributed by atoms with E-state index in [0.717, 1.165) is 30.6 Å². The molecule has 0 saturated heterocycles. The van der Waals surface area contributed by atoms with Crippen LogP contribution in [0.5, 0.6) is 0 Å². The predicted octanol–water partition coefficient (Wildman–Crippen LogP) is 6.45. The fourth-order valence-electron chi connectivity index (χ4n) is 3.99. The van der Waals surface area contributed by atoms with Gasteiger partial charge in [-0.05, 0) is 81.4 Å². The molecule has 1 aliphatic carbocycles. The van der Waals surface area contributed by atoms with Crippen molar-refractivity contribution in [3.05, 3.63) is 75.3 Å². The zero-order chi connectivity index (χ0) is 28.8. The highest BCUT2D eigenvalue weighted by Gasteiger charge is 2.26. The van der Waals surface area contributed by atoms with Crippen molar-refractivity contribution in [3.8, 4) is 11.8 Å². The van der Waals surface area contributed by atoms with Crippen LogP contribution < -0.4 is 10.6 Å². The van der Waals surface area contributed by atoms with Gasteiger partial charge in [-0.3, -0.25) is 15.1 Å². The van der Waals surface area contributed by atoms with Crippen molar-refractivity contribution in [1.82, 2.24) is 10.3 Å². The second-order valence-corrected chi connectivity index (χ2v) is 10.6. The van der Waals surface area contributed by atoms with Gasteiger partial charge >= 0.3 is 0 Å². The fraction of sp³-hybridized carbons (Fsp3) is 0.387. The molecule has 9 heteroatoms. The number of benzene rings is 1. The van der Waals surface area contributed by atoms with Crippen LogP contribution in [0.4, 0.5) is 9.52 Å². The molecule has 2 unspecified atom stereocenters. The number of anilines is 1. The molecule has 0 spiro atoms. The summed E-state index contributed by atoms with van der Waals surface area (Å²) in [4.78, 5) is 22.4. The largest absolute Gasteiger partial charge is 0.495 e. The van der Waals surface area contributed by atoms with Crippen molar-refractivity contribution in [1.29, 1.82) is 0 Å². The molecule has 1 saturated carbocycles. The number of hydrogen-bond donors (Lipinski definition) is 2. The number of carbonyl (C=O) groups excluding carboxylic acids is 1. The Hall–Kier alpha value is -3.90. The van der Waals surface area contributed by atoms with Crippen molar-refractivity contribution in [2.75, 3.05) is 19.5 Å². The molecule has 2 heterocycles. The summed E-state index contributed by atoms with van der Waals surface area (Å²) in [6.45, 7) is 7.45. The quantitative estimate of drug-likeness (QED) is 0.167. The van der Waals surface area contributed by atoms with Gasteiger partial charge in [0.15, 0.2) is 5.13 Å². The number of rotatable bonds is 8. The molecule has 4 rings (SSSR count). The molecule has 2 atom stereocenters. The molecule has 40 heavy (non-hydrogen) atoms. The average Bonchev–Trinajstić information content (AvgIpc) is 3.70. The van der Waals surface area contributed by atoms with Crippen LogP contribution in [-0.4, -0.2) is 43.2 Å². The Morgan fingerprint density at radius 3 is 2.77 bits per heavy atom. The summed E-state index contributed by atoms with van der Waals surface area (Å²) in [5.41, 5.74) is 3.93. The lowest BCUT2D eigenvalue weighted by molar-refractivity contribution is 0.102. The highest BCUT2D eigenvalue weighted by Crippen LogP contribution is 2.32. The third-order valence-corrected chi connectivity index (χ3v) is 7.58. The maximum Gasteiger partial charge on any atom is 0.258 e. The van der Waals surface area contributed by atoms with E-state index in [-0.39, 0.29) is 5.91 Å². The summed E-state index contributed by atoms with van der Waals surface area (Å²) in [6, 6.07) is 4.74. The van der Waals surface area contributed by atoms with Gasteiger partial charge in [-0.2, -0.15) is 0 Å².